The summed E-state index contributed by atoms with van der Waals surface area (Å²) in [7, 11) is 0. The van der Waals surface area contributed by atoms with Gasteiger partial charge in [0.25, 0.3) is 0 Å². The summed E-state index contributed by atoms with van der Waals surface area (Å²) < 4.78 is 8.51. The van der Waals surface area contributed by atoms with Crippen molar-refractivity contribution in [2.24, 2.45) is 0 Å². The van der Waals surface area contributed by atoms with Gasteiger partial charge in [0.05, 0.1) is 30.1 Å². The molecule has 3 saturated heterocycles. The summed E-state index contributed by atoms with van der Waals surface area (Å²) >= 11 is 0. The number of imide groups is 1. The van der Waals surface area contributed by atoms with E-state index in [1.807, 2.05) is 6.07 Å². The summed E-state index contributed by atoms with van der Waals surface area (Å²) in [5.74, 6) is -0.231. The number of hydrogen-bond donors (Lipinski definition) is 2. The van der Waals surface area contributed by atoms with Gasteiger partial charge in [-0.15, -0.1) is 0 Å². The van der Waals surface area contributed by atoms with E-state index in [1.165, 1.54) is 0 Å². The van der Waals surface area contributed by atoms with E-state index in [2.05, 4.69) is 28.3 Å². The largest absolute Gasteiger partial charge is 0.373 e. The molecule has 0 bridgehead atoms. The lowest BCUT2D eigenvalue weighted by Gasteiger charge is -2.32. The molecule has 1 spiro atoms. The van der Waals surface area contributed by atoms with Crippen molar-refractivity contribution in [2.75, 3.05) is 31.1 Å². The number of amides is 3. The molecule has 0 aliphatic carbocycles. The number of nitrogens with one attached hydrogen (secondary N) is 2. The molecule has 28 heavy (non-hydrogen) atoms. The molecular weight excluding hydrogens is 358 g/mol. The van der Waals surface area contributed by atoms with E-state index in [0.717, 1.165) is 54.6 Å². The van der Waals surface area contributed by atoms with Crippen LogP contribution in [-0.2, 0) is 9.53 Å². The maximum Gasteiger partial charge on any atom is 0.328 e. The Morgan fingerprint density at radius 3 is 2.89 bits per heavy atom. The summed E-state index contributed by atoms with van der Waals surface area (Å²) in [6.07, 6.45) is 7.31. The molecule has 8 heteroatoms. The zero-order valence-electron chi connectivity index (χ0n) is 16.0. The van der Waals surface area contributed by atoms with Gasteiger partial charge in [0.2, 0.25) is 5.91 Å². The number of carbonyl (C=O) groups excluding carboxylic acids is 2. The molecule has 3 aliphatic rings. The molecule has 0 radical (unpaired) electrons. The monoisotopic (exact) mass is 383 g/mol. The predicted octanol–water partition coefficient (Wildman–Crippen LogP) is 1.87. The fourth-order valence-electron chi connectivity index (χ4n) is 4.75. The minimum atomic E-state index is -0.383. The summed E-state index contributed by atoms with van der Waals surface area (Å²) in [4.78, 5) is 29.8. The summed E-state index contributed by atoms with van der Waals surface area (Å²) in [6.45, 7) is 5.19. The van der Waals surface area contributed by atoms with E-state index < -0.39 is 0 Å². The third-order valence-electron chi connectivity index (χ3n) is 6.32. The highest BCUT2D eigenvalue weighted by atomic mass is 16.5. The Morgan fingerprint density at radius 2 is 2.11 bits per heavy atom. The number of anilines is 1. The highest BCUT2D eigenvalue weighted by Crippen LogP contribution is 2.41. The lowest BCUT2D eigenvalue weighted by Crippen LogP contribution is -2.49. The van der Waals surface area contributed by atoms with Crippen molar-refractivity contribution in [1.82, 2.24) is 20.2 Å². The molecule has 2 aromatic rings. The van der Waals surface area contributed by atoms with Gasteiger partial charge in [-0.05, 0) is 50.9 Å². The molecule has 2 N–H and O–H groups in total. The van der Waals surface area contributed by atoms with E-state index >= 15 is 0 Å². The van der Waals surface area contributed by atoms with Crippen molar-refractivity contribution in [3.05, 3.63) is 24.0 Å². The molecule has 0 saturated carbocycles. The van der Waals surface area contributed by atoms with E-state index in [9.17, 15) is 9.59 Å². The SMILES string of the molecule is Cc1cn([C@@H]2COC3(CCNCC3)C2)c2ncc(N3CCC(=O)NC3=O)cc12. The number of urea groups is 1. The Bertz CT molecular complexity index is 947. The van der Waals surface area contributed by atoms with Crippen LogP contribution in [0.2, 0.25) is 0 Å². The van der Waals surface area contributed by atoms with E-state index in [-0.39, 0.29) is 23.6 Å². The zero-order chi connectivity index (χ0) is 19.3. The molecule has 3 amide bonds. The van der Waals surface area contributed by atoms with Gasteiger partial charge in [0.15, 0.2) is 0 Å². The Balaban J connectivity index is 1.44. The number of carbonyl (C=O) groups is 2. The average molecular weight is 383 g/mol. The van der Waals surface area contributed by atoms with Gasteiger partial charge >= 0.3 is 6.03 Å². The standard InChI is InChI=1S/C20H25N5O3/c1-13-11-25(15-9-20(28-12-15)3-5-21-6-4-20)18-16(13)8-14(10-22-18)24-7-2-17(26)23-19(24)27/h8,10-11,15,21H,2-7,9,12H2,1H3,(H,23,26,27)/t15-/m0/s1. The quantitative estimate of drug-likeness (QED) is 0.827. The third kappa shape index (κ3) is 2.87. The number of hydrogen-bond acceptors (Lipinski definition) is 5. The van der Waals surface area contributed by atoms with Gasteiger partial charge in [-0.2, -0.15) is 0 Å². The van der Waals surface area contributed by atoms with Crippen molar-refractivity contribution in [3.63, 3.8) is 0 Å². The molecular formula is C20H25N5O3. The Labute approximate surface area is 163 Å². The minimum absolute atomic E-state index is 0.00121. The number of fused-ring (bicyclic) bond motifs is 1. The third-order valence-corrected chi connectivity index (χ3v) is 6.32. The molecule has 3 fully saturated rings. The normalized spacial score (nSPS) is 24.9. The Morgan fingerprint density at radius 1 is 1.29 bits per heavy atom. The molecule has 148 valence electrons. The predicted molar refractivity (Wildman–Crippen MR) is 104 cm³/mol. The van der Waals surface area contributed by atoms with Crippen LogP contribution in [-0.4, -0.2) is 53.3 Å². The fourth-order valence-corrected chi connectivity index (χ4v) is 4.75. The Hall–Kier alpha value is -2.45. The van der Waals surface area contributed by atoms with Crippen molar-refractivity contribution < 1.29 is 14.3 Å². The molecule has 1 atom stereocenters. The van der Waals surface area contributed by atoms with E-state index in [1.54, 1.807) is 11.1 Å². The average Bonchev–Trinajstić information content (AvgIpc) is 3.24. The van der Waals surface area contributed by atoms with Gasteiger partial charge in [0, 0.05) is 24.5 Å². The molecule has 3 aliphatic heterocycles. The van der Waals surface area contributed by atoms with Crippen LogP contribution in [0, 0.1) is 6.92 Å². The van der Waals surface area contributed by atoms with E-state index in [4.69, 9.17) is 9.72 Å². The topological polar surface area (TPSA) is 88.5 Å². The second-order valence-corrected chi connectivity index (χ2v) is 8.14. The first kappa shape index (κ1) is 17.6. The lowest BCUT2D eigenvalue weighted by atomic mass is 9.88. The first-order valence-corrected chi connectivity index (χ1v) is 9.98. The van der Waals surface area contributed by atoms with Crippen LogP contribution in [0.1, 0.15) is 37.3 Å². The summed E-state index contributed by atoms with van der Waals surface area (Å²) in [5, 5.41) is 6.81. The van der Waals surface area contributed by atoms with Crippen molar-refractivity contribution in [1.29, 1.82) is 0 Å². The zero-order valence-corrected chi connectivity index (χ0v) is 16.0. The van der Waals surface area contributed by atoms with Gasteiger partial charge in [-0.3, -0.25) is 15.0 Å². The van der Waals surface area contributed by atoms with Crippen LogP contribution >= 0.6 is 0 Å². The first-order valence-electron chi connectivity index (χ1n) is 9.98. The number of rotatable bonds is 2. The number of pyridine rings is 1. The lowest BCUT2D eigenvalue weighted by molar-refractivity contribution is -0.120. The van der Waals surface area contributed by atoms with Crippen LogP contribution in [0.4, 0.5) is 10.5 Å². The molecule has 0 aromatic carbocycles. The molecule has 5 heterocycles. The second kappa shape index (κ2) is 6.56. The van der Waals surface area contributed by atoms with E-state index in [0.29, 0.717) is 19.6 Å². The van der Waals surface area contributed by atoms with Crippen LogP contribution < -0.4 is 15.5 Å². The Kier molecular flexibility index (Phi) is 4.13. The number of piperidine rings is 1. The number of aryl methyl sites for hydroxylation is 1. The smallest absolute Gasteiger partial charge is 0.328 e. The minimum Gasteiger partial charge on any atom is -0.373 e. The van der Waals surface area contributed by atoms with Gasteiger partial charge < -0.3 is 14.6 Å². The highest BCUT2D eigenvalue weighted by Gasteiger charge is 2.42. The number of aromatic nitrogens is 2. The van der Waals surface area contributed by atoms with Crippen molar-refractivity contribution in [2.45, 2.75) is 44.2 Å². The molecule has 8 nitrogen and oxygen atoms in total. The molecule has 0 unspecified atom stereocenters. The van der Waals surface area contributed by atoms with Crippen LogP contribution in [0.3, 0.4) is 0 Å². The summed E-state index contributed by atoms with van der Waals surface area (Å²) in [6, 6.07) is 1.90. The highest BCUT2D eigenvalue weighted by molar-refractivity contribution is 6.06. The molecule has 2 aromatic heterocycles. The number of ether oxygens (including phenoxy) is 1. The first-order chi connectivity index (χ1) is 13.5. The van der Waals surface area contributed by atoms with Gasteiger partial charge in [-0.25, -0.2) is 9.78 Å². The maximum atomic E-state index is 12.2. The van der Waals surface area contributed by atoms with Gasteiger partial charge in [-0.1, -0.05) is 0 Å². The van der Waals surface area contributed by atoms with Crippen LogP contribution in [0.15, 0.2) is 18.5 Å². The van der Waals surface area contributed by atoms with Crippen molar-refractivity contribution in [3.8, 4) is 0 Å². The van der Waals surface area contributed by atoms with Crippen LogP contribution in [0.25, 0.3) is 11.0 Å². The summed E-state index contributed by atoms with van der Waals surface area (Å²) in [5.41, 5.74) is 2.77. The second-order valence-electron chi connectivity index (χ2n) is 8.14. The number of nitrogens with zero attached hydrogens (tertiary/aromatic N) is 3. The van der Waals surface area contributed by atoms with Crippen LogP contribution in [0.5, 0.6) is 0 Å². The van der Waals surface area contributed by atoms with Gasteiger partial charge in [0.1, 0.15) is 5.65 Å². The maximum absolute atomic E-state index is 12.2. The molecule has 5 rings (SSSR count). The van der Waals surface area contributed by atoms with Crippen molar-refractivity contribution >= 4 is 28.7 Å². The fraction of sp³-hybridized carbons (Fsp3) is 0.550.